The zero-order valence-corrected chi connectivity index (χ0v) is 11.4. The van der Waals surface area contributed by atoms with Gasteiger partial charge in [0.2, 0.25) is 0 Å². The first-order chi connectivity index (χ1) is 9.54. The number of nitrogens with zero attached hydrogens (tertiary/aromatic N) is 1. The van der Waals surface area contributed by atoms with E-state index in [9.17, 15) is 8.78 Å². The van der Waals surface area contributed by atoms with Gasteiger partial charge in [-0.25, -0.2) is 8.78 Å². The van der Waals surface area contributed by atoms with E-state index in [1.807, 2.05) is 0 Å². The Morgan fingerprint density at radius 3 is 2.45 bits per heavy atom. The van der Waals surface area contributed by atoms with Crippen molar-refractivity contribution in [1.82, 2.24) is 0 Å². The summed E-state index contributed by atoms with van der Waals surface area (Å²) in [4.78, 5) is 1.56. The van der Waals surface area contributed by atoms with Crippen LogP contribution in [-0.4, -0.2) is 13.7 Å². The predicted octanol–water partition coefficient (Wildman–Crippen LogP) is 3.71. The average Bonchev–Trinajstić information content (AvgIpc) is 2.42. The van der Waals surface area contributed by atoms with Crippen LogP contribution in [0.3, 0.4) is 0 Å². The molecule has 0 spiro atoms. The average molecular weight is 278 g/mol. The zero-order chi connectivity index (χ0) is 14.7. The molecule has 0 amide bonds. The first-order valence-electron chi connectivity index (χ1n) is 6.24. The van der Waals surface area contributed by atoms with Gasteiger partial charge < -0.3 is 15.4 Å². The van der Waals surface area contributed by atoms with E-state index >= 15 is 0 Å². The molecule has 20 heavy (non-hydrogen) atoms. The van der Waals surface area contributed by atoms with E-state index in [4.69, 9.17) is 10.5 Å². The van der Waals surface area contributed by atoms with Gasteiger partial charge in [-0.3, -0.25) is 0 Å². The van der Waals surface area contributed by atoms with Crippen molar-refractivity contribution in [1.29, 1.82) is 0 Å². The minimum absolute atomic E-state index is 0.0971. The van der Waals surface area contributed by atoms with Crippen LogP contribution in [0.4, 0.5) is 25.8 Å². The second kappa shape index (κ2) is 5.77. The summed E-state index contributed by atoms with van der Waals surface area (Å²) >= 11 is 0. The van der Waals surface area contributed by atoms with E-state index in [0.717, 1.165) is 0 Å². The summed E-state index contributed by atoms with van der Waals surface area (Å²) in [6.07, 6.45) is 0. The Labute approximate surface area is 116 Å². The lowest BCUT2D eigenvalue weighted by Crippen LogP contribution is -2.14. The van der Waals surface area contributed by atoms with E-state index in [-0.39, 0.29) is 17.3 Å². The minimum Gasteiger partial charge on any atom is -0.491 e. The molecule has 0 saturated carbocycles. The fourth-order valence-corrected chi connectivity index (χ4v) is 1.97. The molecule has 0 heterocycles. The van der Waals surface area contributed by atoms with Gasteiger partial charge in [-0.15, -0.1) is 0 Å². The van der Waals surface area contributed by atoms with Crippen molar-refractivity contribution in [3.63, 3.8) is 0 Å². The highest BCUT2D eigenvalue weighted by molar-refractivity contribution is 5.76. The topological polar surface area (TPSA) is 38.5 Å². The van der Waals surface area contributed by atoms with Crippen LogP contribution in [0.1, 0.15) is 6.92 Å². The van der Waals surface area contributed by atoms with Crippen LogP contribution in [0.25, 0.3) is 0 Å². The number of nitrogens with two attached hydrogens (primary N) is 1. The quantitative estimate of drug-likeness (QED) is 0.866. The number of hydrogen-bond donors (Lipinski definition) is 1. The Bertz CT molecular complexity index is 617. The number of halogens is 2. The third-order valence-electron chi connectivity index (χ3n) is 2.96. The Morgan fingerprint density at radius 2 is 1.80 bits per heavy atom. The number of ether oxygens (including phenoxy) is 1. The second-order valence-corrected chi connectivity index (χ2v) is 4.28. The highest BCUT2D eigenvalue weighted by Gasteiger charge is 2.15. The summed E-state index contributed by atoms with van der Waals surface area (Å²) in [6.45, 7) is 2.10. The smallest absolute Gasteiger partial charge is 0.167 e. The van der Waals surface area contributed by atoms with Gasteiger partial charge >= 0.3 is 0 Å². The summed E-state index contributed by atoms with van der Waals surface area (Å²) in [6, 6.07) is 8.95. The Balaban J connectivity index is 2.46. The standard InChI is InChI=1S/C15H16F2N2O/c1-3-20-15-9-14(12(18)8-11(15)17)19(2)13-7-5-4-6-10(13)16/h4-9H,3,18H2,1-2H3. The maximum atomic E-state index is 13.8. The van der Waals surface area contributed by atoms with Gasteiger partial charge in [0, 0.05) is 19.2 Å². The molecule has 3 nitrogen and oxygen atoms in total. The maximum absolute atomic E-state index is 13.8. The molecule has 106 valence electrons. The third kappa shape index (κ3) is 2.66. The molecule has 0 radical (unpaired) electrons. The van der Waals surface area contributed by atoms with Crippen LogP contribution in [0.2, 0.25) is 0 Å². The molecule has 0 saturated heterocycles. The molecule has 2 aromatic carbocycles. The monoisotopic (exact) mass is 278 g/mol. The number of rotatable bonds is 4. The van der Waals surface area contributed by atoms with Crippen molar-refractivity contribution in [3.05, 3.63) is 48.0 Å². The van der Waals surface area contributed by atoms with Crippen molar-refractivity contribution < 1.29 is 13.5 Å². The molecule has 0 atom stereocenters. The van der Waals surface area contributed by atoms with Gasteiger partial charge in [0.1, 0.15) is 5.82 Å². The van der Waals surface area contributed by atoms with Gasteiger partial charge in [0.25, 0.3) is 0 Å². The fourth-order valence-electron chi connectivity index (χ4n) is 1.97. The highest BCUT2D eigenvalue weighted by Crippen LogP contribution is 2.35. The number of para-hydroxylation sites is 1. The molecule has 5 heteroatoms. The van der Waals surface area contributed by atoms with Crippen LogP contribution in [0.5, 0.6) is 5.75 Å². The number of hydrogen-bond acceptors (Lipinski definition) is 3. The molecule has 0 aromatic heterocycles. The molecule has 0 bridgehead atoms. The van der Waals surface area contributed by atoms with E-state index in [1.165, 1.54) is 18.2 Å². The predicted molar refractivity (Wildman–Crippen MR) is 76.4 cm³/mol. The normalized spacial score (nSPS) is 10.4. The van der Waals surface area contributed by atoms with Gasteiger partial charge in [0.05, 0.1) is 23.7 Å². The largest absolute Gasteiger partial charge is 0.491 e. The Hall–Kier alpha value is -2.30. The molecule has 0 aliphatic heterocycles. The van der Waals surface area contributed by atoms with Crippen molar-refractivity contribution in [2.75, 3.05) is 24.3 Å². The molecular formula is C15H16F2N2O. The van der Waals surface area contributed by atoms with Crippen molar-refractivity contribution in [2.45, 2.75) is 6.92 Å². The Morgan fingerprint density at radius 1 is 1.10 bits per heavy atom. The van der Waals surface area contributed by atoms with Gasteiger partial charge in [-0.1, -0.05) is 12.1 Å². The summed E-state index contributed by atoms with van der Waals surface area (Å²) in [5.74, 6) is -0.813. The highest BCUT2D eigenvalue weighted by atomic mass is 19.1. The van der Waals surface area contributed by atoms with E-state index < -0.39 is 5.82 Å². The molecule has 0 unspecified atom stereocenters. The van der Waals surface area contributed by atoms with Gasteiger partial charge in [-0.2, -0.15) is 0 Å². The van der Waals surface area contributed by atoms with E-state index in [2.05, 4.69) is 0 Å². The molecule has 2 N–H and O–H groups in total. The summed E-state index contributed by atoms with van der Waals surface area (Å²) in [7, 11) is 1.66. The van der Waals surface area contributed by atoms with Crippen LogP contribution < -0.4 is 15.4 Å². The minimum atomic E-state index is -0.532. The molecule has 0 fully saturated rings. The first-order valence-corrected chi connectivity index (χ1v) is 6.24. The molecule has 0 aliphatic carbocycles. The molecule has 0 aliphatic rings. The lowest BCUT2D eigenvalue weighted by molar-refractivity contribution is 0.322. The van der Waals surface area contributed by atoms with Crippen molar-refractivity contribution in [3.8, 4) is 5.75 Å². The number of nitrogen functional groups attached to an aromatic ring is 1. The SMILES string of the molecule is CCOc1cc(N(C)c2ccccc2F)c(N)cc1F. The third-order valence-corrected chi connectivity index (χ3v) is 2.96. The van der Waals surface area contributed by atoms with Crippen molar-refractivity contribution >= 4 is 17.1 Å². The van der Waals surface area contributed by atoms with Crippen LogP contribution in [0.15, 0.2) is 36.4 Å². The molecule has 2 aromatic rings. The molecular weight excluding hydrogens is 262 g/mol. The summed E-state index contributed by atoms with van der Waals surface area (Å²) in [5, 5.41) is 0. The number of anilines is 3. The zero-order valence-electron chi connectivity index (χ0n) is 11.4. The van der Waals surface area contributed by atoms with Crippen LogP contribution in [0, 0.1) is 11.6 Å². The van der Waals surface area contributed by atoms with Crippen LogP contribution in [-0.2, 0) is 0 Å². The summed E-state index contributed by atoms with van der Waals surface area (Å²) in [5.41, 5.74) is 6.88. The fraction of sp³-hybridized carbons (Fsp3) is 0.200. The van der Waals surface area contributed by atoms with E-state index in [1.54, 1.807) is 37.1 Å². The first kappa shape index (κ1) is 14.1. The summed E-state index contributed by atoms with van der Waals surface area (Å²) < 4.78 is 32.7. The lowest BCUT2D eigenvalue weighted by atomic mass is 10.2. The lowest BCUT2D eigenvalue weighted by Gasteiger charge is -2.22. The molecule has 2 rings (SSSR count). The maximum Gasteiger partial charge on any atom is 0.167 e. The second-order valence-electron chi connectivity index (χ2n) is 4.28. The van der Waals surface area contributed by atoms with E-state index in [0.29, 0.717) is 18.0 Å². The van der Waals surface area contributed by atoms with Gasteiger partial charge in [-0.05, 0) is 19.1 Å². The Kier molecular flexibility index (Phi) is 4.08. The van der Waals surface area contributed by atoms with Crippen molar-refractivity contribution in [2.24, 2.45) is 0 Å². The van der Waals surface area contributed by atoms with Gasteiger partial charge in [0.15, 0.2) is 11.6 Å². The number of benzene rings is 2. The van der Waals surface area contributed by atoms with Crippen LogP contribution >= 0.6 is 0 Å².